The van der Waals surface area contributed by atoms with Crippen LogP contribution in [0.1, 0.15) is 37.6 Å². The second-order valence-corrected chi connectivity index (χ2v) is 9.50. The summed E-state index contributed by atoms with van der Waals surface area (Å²) in [5.41, 5.74) is 1.73. The van der Waals surface area contributed by atoms with Crippen LogP contribution in [0.25, 0.3) is 11.6 Å². The van der Waals surface area contributed by atoms with E-state index in [4.69, 9.17) is 25.5 Å². The Kier molecular flexibility index (Phi) is 6.30. The van der Waals surface area contributed by atoms with Gasteiger partial charge in [0.25, 0.3) is 5.91 Å². The topological polar surface area (TPSA) is 89.7 Å². The van der Waals surface area contributed by atoms with Crippen molar-refractivity contribution in [3.63, 3.8) is 0 Å². The van der Waals surface area contributed by atoms with Crippen molar-refractivity contribution in [1.29, 1.82) is 0 Å². The molecule has 2 atom stereocenters. The van der Waals surface area contributed by atoms with Crippen molar-refractivity contribution < 1.29 is 13.6 Å². The monoisotopic (exact) mass is 495 g/mol. The average Bonchev–Trinajstić information content (AvgIpc) is 3.65. The van der Waals surface area contributed by atoms with E-state index in [0.29, 0.717) is 40.5 Å². The molecule has 174 valence electrons. The first-order chi connectivity index (χ1) is 16.5. The number of thioether (sulfide) groups is 1. The fourth-order valence-corrected chi connectivity index (χ4v) is 4.96. The number of amides is 1. The Labute approximate surface area is 205 Å². The lowest BCUT2D eigenvalue weighted by Crippen LogP contribution is -2.33. The van der Waals surface area contributed by atoms with Crippen molar-refractivity contribution >= 4 is 35.0 Å². The van der Waals surface area contributed by atoms with Gasteiger partial charge in [-0.1, -0.05) is 35.5 Å². The zero-order valence-electron chi connectivity index (χ0n) is 18.6. The number of rotatable bonds is 7. The van der Waals surface area contributed by atoms with Gasteiger partial charge in [0.05, 0.1) is 23.5 Å². The second kappa shape index (κ2) is 9.52. The third-order valence-electron chi connectivity index (χ3n) is 5.59. The standard InChI is InChI=1S/C24H22ClN5O3S/c1-3-29-22(21-7-5-13-33-21)26-27-24(29)34-15(2)23(31)30-19(20-6-4-12-32-20)14-18(28-30)16-8-10-17(25)11-9-16/h4-13,15,19H,3,14H2,1-2H3/t15-,19-/m0/s1. The maximum atomic E-state index is 13.6. The number of nitrogens with zero attached hydrogens (tertiary/aromatic N) is 5. The molecule has 1 aliphatic rings. The van der Waals surface area contributed by atoms with E-state index in [0.717, 1.165) is 11.3 Å². The summed E-state index contributed by atoms with van der Waals surface area (Å²) in [6.45, 7) is 4.50. The number of carbonyl (C=O) groups excluding carboxylic acids is 1. The Bertz CT molecular complexity index is 1300. The van der Waals surface area contributed by atoms with E-state index in [-0.39, 0.29) is 11.9 Å². The predicted octanol–water partition coefficient (Wildman–Crippen LogP) is 5.66. The predicted molar refractivity (Wildman–Crippen MR) is 130 cm³/mol. The molecule has 0 spiro atoms. The van der Waals surface area contributed by atoms with Crippen LogP contribution in [0.2, 0.25) is 5.02 Å². The summed E-state index contributed by atoms with van der Waals surface area (Å²) in [5.74, 6) is 1.82. The molecular weight excluding hydrogens is 474 g/mol. The third kappa shape index (κ3) is 4.28. The van der Waals surface area contributed by atoms with Gasteiger partial charge in [-0.05, 0) is 55.8 Å². The van der Waals surface area contributed by atoms with Crippen LogP contribution in [0.3, 0.4) is 0 Å². The largest absolute Gasteiger partial charge is 0.467 e. The molecule has 0 radical (unpaired) electrons. The fraction of sp³-hybridized carbons (Fsp3) is 0.250. The van der Waals surface area contributed by atoms with Crippen molar-refractivity contribution in [2.24, 2.45) is 5.10 Å². The highest BCUT2D eigenvalue weighted by molar-refractivity contribution is 8.00. The minimum absolute atomic E-state index is 0.138. The van der Waals surface area contributed by atoms with Crippen molar-refractivity contribution in [3.05, 3.63) is 77.4 Å². The van der Waals surface area contributed by atoms with Gasteiger partial charge in [0, 0.05) is 18.0 Å². The molecule has 4 aromatic rings. The fourth-order valence-electron chi connectivity index (χ4n) is 3.88. The van der Waals surface area contributed by atoms with Gasteiger partial charge >= 0.3 is 0 Å². The van der Waals surface area contributed by atoms with E-state index in [1.54, 1.807) is 18.6 Å². The van der Waals surface area contributed by atoms with Crippen LogP contribution < -0.4 is 0 Å². The normalized spacial score (nSPS) is 16.6. The van der Waals surface area contributed by atoms with Gasteiger partial charge in [0.1, 0.15) is 11.8 Å². The minimum Gasteiger partial charge on any atom is -0.467 e. The average molecular weight is 496 g/mol. The number of hydrogen-bond donors (Lipinski definition) is 0. The SMILES string of the molecule is CCn1c(S[C@@H](C)C(=O)N2N=C(c3ccc(Cl)cc3)C[C@H]2c2ccco2)nnc1-c1ccco1. The molecule has 1 aliphatic heterocycles. The van der Waals surface area contributed by atoms with Crippen LogP contribution in [0.4, 0.5) is 0 Å². The van der Waals surface area contributed by atoms with E-state index in [1.165, 1.54) is 16.8 Å². The highest BCUT2D eigenvalue weighted by Crippen LogP contribution is 2.36. The summed E-state index contributed by atoms with van der Waals surface area (Å²) in [6, 6.07) is 14.5. The second-order valence-electron chi connectivity index (χ2n) is 7.76. The summed E-state index contributed by atoms with van der Waals surface area (Å²) < 4.78 is 13.1. The van der Waals surface area contributed by atoms with Crippen LogP contribution in [0.5, 0.6) is 0 Å². The number of hydrogen-bond acceptors (Lipinski definition) is 7. The van der Waals surface area contributed by atoms with E-state index in [2.05, 4.69) is 10.2 Å². The number of benzene rings is 1. The summed E-state index contributed by atoms with van der Waals surface area (Å²) in [5, 5.41) is 15.7. The molecule has 4 heterocycles. The number of carbonyl (C=O) groups is 1. The zero-order valence-corrected chi connectivity index (χ0v) is 20.2. The first-order valence-electron chi connectivity index (χ1n) is 10.9. The maximum absolute atomic E-state index is 13.6. The van der Waals surface area contributed by atoms with Crippen LogP contribution in [0, 0.1) is 0 Å². The lowest BCUT2D eigenvalue weighted by molar-refractivity contribution is -0.132. The molecule has 0 saturated heterocycles. The highest BCUT2D eigenvalue weighted by atomic mass is 35.5. The first kappa shape index (κ1) is 22.5. The Hall–Kier alpha value is -3.30. The van der Waals surface area contributed by atoms with Gasteiger partial charge < -0.3 is 8.83 Å². The molecule has 0 aliphatic carbocycles. The quantitative estimate of drug-likeness (QED) is 0.307. The molecule has 1 aromatic carbocycles. The van der Waals surface area contributed by atoms with Crippen LogP contribution in [-0.2, 0) is 11.3 Å². The van der Waals surface area contributed by atoms with Crippen LogP contribution in [-0.4, -0.2) is 36.6 Å². The Morgan fingerprint density at radius 2 is 1.91 bits per heavy atom. The molecular formula is C24H22ClN5O3S. The molecule has 3 aromatic heterocycles. The molecule has 5 rings (SSSR count). The third-order valence-corrected chi connectivity index (χ3v) is 6.91. The van der Waals surface area contributed by atoms with Gasteiger partial charge in [0.2, 0.25) is 0 Å². The molecule has 10 heteroatoms. The lowest BCUT2D eigenvalue weighted by Gasteiger charge is -2.22. The molecule has 0 saturated carbocycles. The van der Waals surface area contributed by atoms with Crippen molar-refractivity contribution in [3.8, 4) is 11.6 Å². The molecule has 34 heavy (non-hydrogen) atoms. The lowest BCUT2D eigenvalue weighted by atomic mass is 10.0. The highest BCUT2D eigenvalue weighted by Gasteiger charge is 2.37. The van der Waals surface area contributed by atoms with Crippen LogP contribution >= 0.6 is 23.4 Å². The minimum atomic E-state index is -0.454. The van der Waals surface area contributed by atoms with Gasteiger partial charge in [-0.3, -0.25) is 9.36 Å². The van der Waals surface area contributed by atoms with E-state index in [9.17, 15) is 4.79 Å². The molecule has 1 amide bonds. The Balaban J connectivity index is 1.40. The molecule has 0 fully saturated rings. The van der Waals surface area contributed by atoms with E-state index < -0.39 is 5.25 Å². The summed E-state index contributed by atoms with van der Waals surface area (Å²) >= 11 is 7.39. The summed E-state index contributed by atoms with van der Waals surface area (Å²) in [4.78, 5) is 13.6. The first-order valence-corrected chi connectivity index (χ1v) is 12.1. The van der Waals surface area contributed by atoms with Gasteiger partial charge in [-0.25, -0.2) is 5.01 Å². The molecule has 0 N–H and O–H groups in total. The number of halogens is 1. The Morgan fingerprint density at radius 3 is 2.59 bits per heavy atom. The summed E-state index contributed by atoms with van der Waals surface area (Å²) in [7, 11) is 0. The number of furan rings is 2. The zero-order chi connectivity index (χ0) is 23.7. The smallest absolute Gasteiger partial charge is 0.256 e. The number of aromatic nitrogens is 3. The maximum Gasteiger partial charge on any atom is 0.256 e. The summed E-state index contributed by atoms with van der Waals surface area (Å²) in [6.07, 6.45) is 3.75. The van der Waals surface area contributed by atoms with Crippen molar-refractivity contribution in [2.45, 2.75) is 43.3 Å². The van der Waals surface area contributed by atoms with E-state index >= 15 is 0 Å². The van der Waals surface area contributed by atoms with Gasteiger partial charge in [-0.15, -0.1) is 10.2 Å². The molecule has 0 unspecified atom stereocenters. The molecule has 8 nitrogen and oxygen atoms in total. The van der Waals surface area contributed by atoms with E-state index in [1.807, 2.05) is 60.9 Å². The van der Waals surface area contributed by atoms with Crippen molar-refractivity contribution in [2.75, 3.05) is 0 Å². The van der Waals surface area contributed by atoms with Crippen molar-refractivity contribution in [1.82, 2.24) is 19.8 Å². The van der Waals surface area contributed by atoms with Crippen LogP contribution in [0.15, 0.2) is 80.1 Å². The Morgan fingerprint density at radius 1 is 1.15 bits per heavy atom. The van der Waals surface area contributed by atoms with Gasteiger partial charge in [0.15, 0.2) is 16.7 Å². The number of hydrazone groups is 1. The molecule has 0 bridgehead atoms. The van der Waals surface area contributed by atoms with Gasteiger partial charge in [-0.2, -0.15) is 5.10 Å².